The van der Waals surface area contributed by atoms with E-state index in [0.29, 0.717) is 24.1 Å². The monoisotopic (exact) mass is 304 g/mol. The summed E-state index contributed by atoms with van der Waals surface area (Å²) >= 11 is 0. The summed E-state index contributed by atoms with van der Waals surface area (Å²) in [4.78, 5) is 35.2. The van der Waals surface area contributed by atoms with Gasteiger partial charge in [0.05, 0.1) is 5.41 Å². The zero-order valence-electron chi connectivity index (χ0n) is 12.5. The molecule has 1 aromatic carbocycles. The third-order valence-electron chi connectivity index (χ3n) is 4.15. The summed E-state index contributed by atoms with van der Waals surface area (Å²) in [5, 5.41) is 14.6. The summed E-state index contributed by atoms with van der Waals surface area (Å²) < 4.78 is 0. The van der Waals surface area contributed by atoms with Crippen LogP contribution in [0.4, 0.5) is 5.69 Å². The maximum Gasteiger partial charge on any atom is 0.310 e. The van der Waals surface area contributed by atoms with E-state index in [1.54, 1.807) is 24.3 Å². The molecule has 3 N–H and O–H groups in total. The fourth-order valence-electron chi connectivity index (χ4n) is 2.91. The van der Waals surface area contributed by atoms with Gasteiger partial charge in [0.25, 0.3) is 5.91 Å². The van der Waals surface area contributed by atoms with Crippen LogP contribution in [0.25, 0.3) is 0 Å². The van der Waals surface area contributed by atoms with Gasteiger partial charge in [-0.3, -0.25) is 14.4 Å². The van der Waals surface area contributed by atoms with Crippen LogP contribution in [0.5, 0.6) is 0 Å². The molecule has 0 aliphatic heterocycles. The number of aliphatic carboxylic acids is 1. The Bertz CT molecular complexity index is 592. The fourth-order valence-corrected chi connectivity index (χ4v) is 2.91. The first kappa shape index (κ1) is 16.0. The highest BCUT2D eigenvalue weighted by Crippen LogP contribution is 2.41. The maximum atomic E-state index is 12.2. The zero-order chi connectivity index (χ0) is 16.2. The lowest BCUT2D eigenvalue weighted by Gasteiger charge is -2.22. The molecule has 1 aliphatic rings. The number of hydrogen-bond donors (Lipinski definition) is 3. The zero-order valence-corrected chi connectivity index (χ0v) is 12.5. The highest BCUT2D eigenvalue weighted by molar-refractivity contribution is 5.98. The van der Waals surface area contributed by atoms with Crippen LogP contribution >= 0.6 is 0 Å². The lowest BCUT2D eigenvalue weighted by molar-refractivity contribution is -0.150. The molecule has 1 aliphatic carbocycles. The second-order valence-corrected chi connectivity index (χ2v) is 5.68. The van der Waals surface area contributed by atoms with Gasteiger partial charge >= 0.3 is 5.97 Å². The number of carboxylic acids is 1. The Kier molecular flexibility index (Phi) is 4.80. The van der Waals surface area contributed by atoms with Crippen molar-refractivity contribution in [2.24, 2.45) is 5.41 Å². The van der Waals surface area contributed by atoms with Crippen molar-refractivity contribution in [2.45, 2.75) is 32.1 Å². The predicted octanol–water partition coefficient (Wildman–Crippen LogP) is 2.02. The molecule has 1 aromatic rings. The molecular weight excluding hydrogens is 284 g/mol. The van der Waals surface area contributed by atoms with Gasteiger partial charge in [0.2, 0.25) is 5.91 Å². The molecule has 0 aromatic heterocycles. The molecule has 0 radical (unpaired) electrons. The molecule has 0 unspecified atom stereocenters. The Labute approximate surface area is 128 Å². The summed E-state index contributed by atoms with van der Waals surface area (Å²) in [5.41, 5.74) is -0.0126. The number of rotatable bonds is 5. The predicted molar refractivity (Wildman–Crippen MR) is 81.6 cm³/mol. The number of benzene rings is 1. The van der Waals surface area contributed by atoms with Crippen LogP contribution in [0.2, 0.25) is 0 Å². The van der Waals surface area contributed by atoms with E-state index >= 15 is 0 Å². The first-order valence-corrected chi connectivity index (χ1v) is 7.32. The van der Waals surface area contributed by atoms with Crippen molar-refractivity contribution in [3.63, 3.8) is 0 Å². The van der Waals surface area contributed by atoms with Crippen LogP contribution in [0, 0.1) is 5.41 Å². The lowest BCUT2D eigenvalue weighted by atomic mass is 9.82. The third kappa shape index (κ3) is 3.44. The molecule has 118 valence electrons. The topological polar surface area (TPSA) is 95.5 Å². The second kappa shape index (κ2) is 6.60. The molecule has 1 saturated carbocycles. The molecular formula is C16H20N2O4. The Balaban J connectivity index is 2.06. The first-order valence-electron chi connectivity index (χ1n) is 7.32. The van der Waals surface area contributed by atoms with Crippen molar-refractivity contribution in [3.05, 3.63) is 29.8 Å². The van der Waals surface area contributed by atoms with Gasteiger partial charge in [0.15, 0.2) is 0 Å². The lowest BCUT2D eigenvalue weighted by Crippen LogP contribution is -2.32. The Morgan fingerprint density at radius 1 is 1.23 bits per heavy atom. The van der Waals surface area contributed by atoms with Gasteiger partial charge < -0.3 is 15.7 Å². The van der Waals surface area contributed by atoms with Crippen LogP contribution in [-0.4, -0.2) is 29.9 Å². The first-order chi connectivity index (χ1) is 10.5. The SMILES string of the molecule is CNC(=O)c1cccc(NC(=O)CC2(C(=O)O)CCCC2)c1. The number of anilines is 1. The van der Waals surface area contributed by atoms with Gasteiger partial charge in [-0.2, -0.15) is 0 Å². The van der Waals surface area contributed by atoms with E-state index in [2.05, 4.69) is 10.6 Å². The highest BCUT2D eigenvalue weighted by atomic mass is 16.4. The van der Waals surface area contributed by atoms with Crippen molar-refractivity contribution in [3.8, 4) is 0 Å². The smallest absolute Gasteiger partial charge is 0.310 e. The molecule has 6 nitrogen and oxygen atoms in total. The van der Waals surface area contributed by atoms with Crippen LogP contribution in [0.15, 0.2) is 24.3 Å². The molecule has 2 amide bonds. The van der Waals surface area contributed by atoms with Crippen LogP contribution in [-0.2, 0) is 9.59 Å². The average molecular weight is 304 g/mol. The number of nitrogens with one attached hydrogen (secondary N) is 2. The molecule has 0 heterocycles. The van der Waals surface area contributed by atoms with Gasteiger partial charge in [-0.05, 0) is 31.0 Å². The number of carbonyl (C=O) groups excluding carboxylic acids is 2. The van der Waals surface area contributed by atoms with Crippen molar-refractivity contribution in [1.29, 1.82) is 0 Å². The van der Waals surface area contributed by atoms with Gasteiger partial charge in [0, 0.05) is 24.7 Å². The largest absolute Gasteiger partial charge is 0.481 e. The minimum Gasteiger partial charge on any atom is -0.481 e. The molecule has 6 heteroatoms. The highest BCUT2D eigenvalue weighted by Gasteiger charge is 2.42. The summed E-state index contributed by atoms with van der Waals surface area (Å²) in [5.74, 6) is -1.48. The Morgan fingerprint density at radius 3 is 2.50 bits per heavy atom. The summed E-state index contributed by atoms with van der Waals surface area (Å²) in [7, 11) is 1.53. The third-order valence-corrected chi connectivity index (χ3v) is 4.15. The molecule has 1 fully saturated rings. The molecule has 2 rings (SSSR count). The normalized spacial score (nSPS) is 16.0. The quantitative estimate of drug-likeness (QED) is 0.775. The maximum absolute atomic E-state index is 12.2. The summed E-state index contributed by atoms with van der Waals surface area (Å²) in [6.45, 7) is 0. The van der Waals surface area contributed by atoms with Crippen molar-refractivity contribution >= 4 is 23.5 Å². The Hall–Kier alpha value is -2.37. The molecule has 0 atom stereocenters. The van der Waals surface area contributed by atoms with Crippen LogP contribution < -0.4 is 10.6 Å². The van der Waals surface area contributed by atoms with E-state index in [0.717, 1.165) is 12.8 Å². The molecule has 0 bridgehead atoms. The number of carboxylic acid groups (broad SMARTS) is 1. The standard InChI is InChI=1S/C16H20N2O4/c1-17-14(20)11-5-4-6-12(9-11)18-13(19)10-16(15(21)22)7-2-3-8-16/h4-6,9H,2-3,7-8,10H2,1H3,(H,17,20)(H,18,19)(H,21,22). The minimum absolute atomic E-state index is 0.0352. The van der Waals surface area contributed by atoms with Gasteiger partial charge in [-0.15, -0.1) is 0 Å². The summed E-state index contributed by atoms with van der Waals surface area (Å²) in [6.07, 6.45) is 2.71. The van der Waals surface area contributed by atoms with Crippen molar-refractivity contribution in [1.82, 2.24) is 5.32 Å². The van der Waals surface area contributed by atoms with Crippen molar-refractivity contribution in [2.75, 3.05) is 12.4 Å². The Morgan fingerprint density at radius 2 is 1.91 bits per heavy atom. The average Bonchev–Trinajstić information content (AvgIpc) is 2.96. The van der Waals surface area contributed by atoms with E-state index in [9.17, 15) is 19.5 Å². The molecule has 22 heavy (non-hydrogen) atoms. The van der Waals surface area contributed by atoms with E-state index < -0.39 is 11.4 Å². The fraction of sp³-hybridized carbons (Fsp3) is 0.438. The second-order valence-electron chi connectivity index (χ2n) is 5.68. The van der Waals surface area contributed by atoms with Crippen LogP contribution in [0.3, 0.4) is 0 Å². The van der Waals surface area contributed by atoms with Gasteiger partial charge in [-0.1, -0.05) is 18.9 Å². The molecule has 0 spiro atoms. The van der Waals surface area contributed by atoms with E-state index in [-0.39, 0.29) is 18.2 Å². The van der Waals surface area contributed by atoms with Crippen molar-refractivity contribution < 1.29 is 19.5 Å². The minimum atomic E-state index is -0.942. The van der Waals surface area contributed by atoms with Gasteiger partial charge in [-0.25, -0.2) is 0 Å². The number of amides is 2. The van der Waals surface area contributed by atoms with E-state index in [1.807, 2.05) is 0 Å². The number of hydrogen-bond acceptors (Lipinski definition) is 3. The number of carbonyl (C=O) groups is 3. The molecule has 0 saturated heterocycles. The van der Waals surface area contributed by atoms with E-state index in [1.165, 1.54) is 7.05 Å². The van der Waals surface area contributed by atoms with Crippen LogP contribution in [0.1, 0.15) is 42.5 Å². The van der Waals surface area contributed by atoms with E-state index in [4.69, 9.17) is 0 Å². The summed E-state index contributed by atoms with van der Waals surface area (Å²) in [6, 6.07) is 6.55. The van der Waals surface area contributed by atoms with Gasteiger partial charge in [0.1, 0.15) is 0 Å².